The van der Waals surface area contributed by atoms with E-state index in [1.807, 2.05) is 12.2 Å². The molecule has 1 heterocycles. The summed E-state index contributed by atoms with van der Waals surface area (Å²) in [4.78, 5) is 11.0. The first-order chi connectivity index (χ1) is 11.4. The smallest absolute Gasteiger partial charge is 0.309 e. The molecule has 0 saturated carbocycles. The number of rotatable bonds is 13. The Hall–Kier alpha value is -1.13. The lowest BCUT2D eigenvalue weighted by Crippen LogP contribution is -2.23. The first kappa shape index (κ1) is 20.9. The summed E-state index contributed by atoms with van der Waals surface area (Å²) in [5.74, 6) is -0.742. The van der Waals surface area contributed by atoms with E-state index in [4.69, 9.17) is 9.84 Å². The Morgan fingerprint density at radius 3 is 2.62 bits per heavy atom. The van der Waals surface area contributed by atoms with Crippen LogP contribution in [0.2, 0.25) is 0 Å². The van der Waals surface area contributed by atoms with Gasteiger partial charge in [0.25, 0.3) is 0 Å². The molecule has 3 unspecified atom stereocenters. The monoisotopic (exact) mass is 338 g/mol. The second-order valence-electron chi connectivity index (χ2n) is 7.37. The lowest BCUT2D eigenvalue weighted by molar-refractivity contribution is -0.147. The molecule has 0 aromatic rings. The number of aliphatic hydroxyl groups is 1. The largest absolute Gasteiger partial charge is 0.481 e. The van der Waals surface area contributed by atoms with Crippen molar-refractivity contribution < 1.29 is 19.7 Å². The van der Waals surface area contributed by atoms with E-state index in [9.17, 15) is 9.90 Å². The summed E-state index contributed by atoms with van der Waals surface area (Å²) in [6.45, 7) is 5.71. The Labute approximate surface area is 146 Å². The minimum absolute atomic E-state index is 0.183. The van der Waals surface area contributed by atoms with Crippen LogP contribution >= 0.6 is 0 Å². The number of epoxide rings is 1. The molecule has 2 N–H and O–H groups in total. The number of carbonyl (C=O) groups is 1. The van der Waals surface area contributed by atoms with Gasteiger partial charge in [-0.3, -0.25) is 4.79 Å². The van der Waals surface area contributed by atoms with Crippen molar-refractivity contribution in [2.45, 2.75) is 90.4 Å². The molecule has 1 aliphatic heterocycles. The SMILES string of the molecule is CCCCCC1OC1/C=C/C(O)/C=C\CCCCC(C)(C)C(=O)O. The zero-order valence-corrected chi connectivity index (χ0v) is 15.4. The summed E-state index contributed by atoms with van der Waals surface area (Å²) >= 11 is 0. The highest BCUT2D eigenvalue weighted by atomic mass is 16.6. The molecule has 0 bridgehead atoms. The zero-order chi connectivity index (χ0) is 18.0. The van der Waals surface area contributed by atoms with Crippen molar-refractivity contribution in [3.8, 4) is 0 Å². The van der Waals surface area contributed by atoms with Crippen LogP contribution in [0, 0.1) is 5.41 Å². The average Bonchev–Trinajstić information content (AvgIpc) is 3.27. The molecule has 1 fully saturated rings. The predicted molar refractivity (Wildman–Crippen MR) is 97.0 cm³/mol. The van der Waals surface area contributed by atoms with Gasteiger partial charge in [-0.15, -0.1) is 0 Å². The minimum atomic E-state index is -0.742. The molecular formula is C20H34O4. The third-order valence-electron chi connectivity index (χ3n) is 4.55. The summed E-state index contributed by atoms with van der Waals surface area (Å²) in [7, 11) is 0. The van der Waals surface area contributed by atoms with Crippen molar-refractivity contribution in [3.63, 3.8) is 0 Å². The van der Waals surface area contributed by atoms with E-state index in [-0.39, 0.29) is 6.10 Å². The molecule has 0 radical (unpaired) electrons. The second-order valence-corrected chi connectivity index (χ2v) is 7.37. The first-order valence-electron chi connectivity index (χ1n) is 9.28. The zero-order valence-electron chi connectivity index (χ0n) is 15.4. The van der Waals surface area contributed by atoms with Crippen molar-refractivity contribution >= 4 is 5.97 Å². The van der Waals surface area contributed by atoms with Gasteiger partial charge in [-0.05, 0) is 39.5 Å². The van der Waals surface area contributed by atoms with Crippen molar-refractivity contribution in [1.82, 2.24) is 0 Å². The van der Waals surface area contributed by atoms with Gasteiger partial charge < -0.3 is 14.9 Å². The Bertz CT molecular complexity index is 425. The number of carboxylic acid groups (broad SMARTS) is 1. The number of hydrogen-bond donors (Lipinski definition) is 2. The third kappa shape index (κ3) is 8.65. The van der Waals surface area contributed by atoms with Gasteiger partial charge in [0.1, 0.15) is 6.10 Å². The van der Waals surface area contributed by atoms with E-state index in [0.717, 1.165) is 25.7 Å². The molecule has 138 valence electrons. The summed E-state index contributed by atoms with van der Waals surface area (Å²) in [5, 5.41) is 18.9. The molecule has 4 heteroatoms. The molecule has 1 aliphatic rings. The summed E-state index contributed by atoms with van der Waals surface area (Å²) in [6, 6.07) is 0. The van der Waals surface area contributed by atoms with E-state index in [1.165, 1.54) is 19.3 Å². The van der Waals surface area contributed by atoms with Gasteiger partial charge in [0.2, 0.25) is 0 Å². The van der Waals surface area contributed by atoms with Gasteiger partial charge in [0, 0.05) is 0 Å². The van der Waals surface area contributed by atoms with Crippen molar-refractivity contribution in [1.29, 1.82) is 0 Å². The van der Waals surface area contributed by atoms with Crippen LogP contribution in [0.5, 0.6) is 0 Å². The van der Waals surface area contributed by atoms with E-state index >= 15 is 0 Å². The Morgan fingerprint density at radius 1 is 1.21 bits per heavy atom. The molecule has 24 heavy (non-hydrogen) atoms. The molecule has 3 atom stereocenters. The molecule has 1 rings (SSSR count). The number of carboxylic acids is 1. The van der Waals surface area contributed by atoms with Crippen molar-refractivity contribution in [2.75, 3.05) is 0 Å². The Balaban J connectivity index is 2.09. The van der Waals surface area contributed by atoms with Crippen LogP contribution in [0.25, 0.3) is 0 Å². The maximum absolute atomic E-state index is 11.0. The highest BCUT2D eigenvalue weighted by Gasteiger charge is 2.35. The van der Waals surface area contributed by atoms with Crippen molar-refractivity contribution in [3.05, 3.63) is 24.3 Å². The average molecular weight is 338 g/mol. The number of aliphatic hydroxyl groups excluding tert-OH is 1. The Morgan fingerprint density at radius 2 is 1.96 bits per heavy atom. The van der Waals surface area contributed by atoms with Crippen LogP contribution in [-0.4, -0.2) is 34.5 Å². The Kier molecular flexibility index (Phi) is 9.30. The predicted octanol–water partition coefficient (Wildman–Crippen LogP) is 4.48. The van der Waals surface area contributed by atoms with Gasteiger partial charge in [-0.2, -0.15) is 0 Å². The van der Waals surface area contributed by atoms with Gasteiger partial charge in [-0.25, -0.2) is 0 Å². The lowest BCUT2D eigenvalue weighted by Gasteiger charge is -2.18. The number of aliphatic carboxylic acids is 1. The highest BCUT2D eigenvalue weighted by Crippen LogP contribution is 2.28. The summed E-state index contributed by atoms with van der Waals surface area (Å²) < 4.78 is 5.55. The molecular weight excluding hydrogens is 304 g/mol. The van der Waals surface area contributed by atoms with Crippen LogP contribution in [0.15, 0.2) is 24.3 Å². The fourth-order valence-electron chi connectivity index (χ4n) is 2.61. The normalized spacial score (nSPS) is 22.3. The van der Waals surface area contributed by atoms with Gasteiger partial charge in [-0.1, -0.05) is 56.9 Å². The molecule has 0 aliphatic carbocycles. The number of ether oxygens (including phenoxy) is 1. The fourth-order valence-corrected chi connectivity index (χ4v) is 2.61. The van der Waals surface area contributed by atoms with Crippen LogP contribution in [0.1, 0.15) is 72.1 Å². The minimum Gasteiger partial charge on any atom is -0.481 e. The lowest BCUT2D eigenvalue weighted by atomic mass is 9.87. The van der Waals surface area contributed by atoms with Crippen LogP contribution in [0.3, 0.4) is 0 Å². The number of unbranched alkanes of at least 4 members (excludes halogenated alkanes) is 4. The maximum atomic E-state index is 11.0. The molecule has 0 aromatic carbocycles. The fraction of sp³-hybridized carbons (Fsp3) is 0.750. The third-order valence-corrected chi connectivity index (χ3v) is 4.55. The first-order valence-corrected chi connectivity index (χ1v) is 9.28. The molecule has 0 aromatic heterocycles. The van der Waals surface area contributed by atoms with E-state index in [2.05, 4.69) is 6.92 Å². The molecule has 0 amide bonds. The second kappa shape index (κ2) is 10.7. The number of allylic oxidation sites excluding steroid dienone is 1. The molecule has 1 saturated heterocycles. The van der Waals surface area contributed by atoms with Gasteiger partial charge >= 0.3 is 5.97 Å². The quantitative estimate of drug-likeness (QED) is 0.295. The molecule has 0 spiro atoms. The van der Waals surface area contributed by atoms with E-state index < -0.39 is 17.5 Å². The van der Waals surface area contributed by atoms with Crippen molar-refractivity contribution in [2.24, 2.45) is 5.41 Å². The van der Waals surface area contributed by atoms with Crippen LogP contribution in [0.4, 0.5) is 0 Å². The topological polar surface area (TPSA) is 70.1 Å². The van der Waals surface area contributed by atoms with E-state index in [1.54, 1.807) is 26.0 Å². The van der Waals surface area contributed by atoms with Gasteiger partial charge in [0.05, 0.1) is 17.6 Å². The van der Waals surface area contributed by atoms with Crippen LogP contribution < -0.4 is 0 Å². The summed E-state index contributed by atoms with van der Waals surface area (Å²) in [6.07, 6.45) is 15.6. The number of hydrogen-bond acceptors (Lipinski definition) is 3. The van der Waals surface area contributed by atoms with E-state index in [0.29, 0.717) is 12.5 Å². The highest BCUT2D eigenvalue weighted by molar-refractivity contribution is 5.73. The molecule has 4 nitrogen and oxygen atoms in total. The van der Waals surface area contributed by atoms with Crippen LogP contribution in [-0.2, 0) is 9.53 Å². The van der Waals surface area contributed by atoms with Gasteiger partial charge in [0.15, 0.2) is 0 Å². The standard InChI is InChI=1S/C20H34O4/c1-4-5-8-12-17-18(24-17)14-13-16(21)11-9-6-7-10-15-20(2,3)19(22)23/h9,11,13-14,16-18,21H,4-8,10,12,15H2,1-3H3,(H,22,23)/b11-9-,14-13+. The summed E-state index contributed by atoms with van der Waals surface area (Å²) in [5.41, 5.74) is -0.649. The maximum Gasteiger partial charge on any atom is 0.309 e.